The van der Waals surface area contributed by atoms with E-state index in [1.54, 1.807) is 0 Å². The summed E-state index contributed by atoms with van der Waals surface area (Å²) in [4.78, 5) is 2.13. The van der Waals surface area contributed by atoms with Crippen LogP contribution in [0.4, 0.5) is 8.78 Å². The van der Waals surface area contributed by atoms with Crippen molar-refractivity contribution in [1.29, 1.82) is 0 Å². The maximum Gasteiger partial charge on any atom is 0.165 e. The Hall–Kier alpha value is -1.28. The fraction of sp³-hybridized carbons (Fsp3) is 0.647. The molecule has 134 valence electrons. The summed E-state index contributed by atoms with van der Waals surface area (Å²) in [7, 11) is 0. The van der Waals surface area contributed by atoms with E-state index in [1.807, 2.05) is 0 Å². The highest BCUT2D eigenvalue weighted by atomic mass is 19.1. The van der Waals surface area contributed by atoms with E-state index in [1.165, 1.54) is 0 Å². The maximum absolute atomic E-state index is 13.7. The molecule has 2 N–H and O–H groups in total. The molecule has 0 unspecified atom stereocenters. The van der Waals surface area contributed by atoms with Crippen molar-refractivity contribution < 1.29 is 28.5 Å². The molecule has 2 aliphatic rings. The third-order valence-electron chi connectivity index (χ3n) is 4.87. The standard InChI is InChI=1S/C17H23F2NO4/c18-12-1-2-14(19)15(9-12)24-11-17(22)10-20(6-3-16(17)21)13-4-7-23-8-5-13/h1-2,9,13,16,21-22H,3-8,10-11H2/t16-,17-/m0/s1. The predicted octanol–water partition coefficient (Wildman–Crippen LogP) is 1.32. The number of benzene rings is 1. The van der Waals surface area contributed by atoms with Crippen LogP contribution in [0.2, 0.25) is 0 Å². The number of hydrogen-bond acceptors (Lipinski definition) is 5. The molecule has 7 heteroatoms. The summed E-state index contributed by atoms with van der Waals surface area (Å²) in [6.45, 7) is 1.99. The SMILES string of the molecule is O[C@H]1CCN(C2CCOCC2)C[C@]1(O)COc1cc(F)ccc1F. The first-order valence-corrected chi connectivity index (χ1v) is 8.28. The van der Waals surface area contributed by atoms with Crippen LogP contribution >= 0.6 is 0 Å². The lowest BCUT2D eigenvalue weighted by atomic mass is 9.88. The van der Waals surface area contributed by atoms with Crippen LogP contribution in [0.5, 0.6) is 5.75 Å². The molecule has 0 aliphatic carbocycles. The van der Waals surface area contributed by atoms with Crippen LogP contribution in [0.25, 0.3) is 0 Å². The van der Waals surface area contributed by atoms with Crippen molar-refractivity contribution in [2.75, 3.05) is 32.9 Å². The topological polar surface area (TPSA) is 62.2 Å². The lowest BCUT2D eigenvalue weighted by molar-refractivity contribution is -0.150. The maximum atomic E-state index is 13.7. The van der Waals surface area contributed by atoms with Crippen LogP contribution in [-0.4, -0.2) is 65.8 Å². The highest BCUT2D eigenvalue weighted by Gasteiger charge is 2.43. The number of β-amino-alcohol motifs (C(OH)–C–C–N with tert-alkyl or cyclic N) is 1. The molecule has 3 rings (SSSR count). The van der Waals surface area contributed by atoms with Gasteiger partial charge in [-0.15, -0.1) is 0 Å². The number of halogens is 2. The molecule has 0 bridgehead atoms. The van der Waals surface area contributed by atoms with E-state index < -0.39 is 23.3 Å². The number of hydrogen-bond donors (Lipinski definition) is 2. The first-order valence-electron chi connectivity index (χ1n) is 8.28. The Balaban J connectivity index is 1.66. The number of nitrogens with zero attached hydrogens (tertiary/aromatic N) is 1. The van der Waals surface area contributed by atoms with Gasteiger partial charge in [0.15, 0.2) is 11.6 Å². The van der Waals surface area contributed by atoms with Crippen molar-refractivity contribution >= 4 is 0 Å². The fourth-order valence-electron chi connectivity index (χ4n) is 3.39. The largest absolute Gasteiger partial charge is 0.487 e. The Morgan fingerprint density at radius 2 is 2.00 bits per heavy atom. The van der Waals surface area contributed by atoms with Gasteiger partial charge in [0.2, 0.25) is 0 Å². The minimum Gasteiger partial charge on any atom is -0.487 e. The van der Waals surface area contributed by atoms with Gasteiger partial charge in [0.25, 0.3) is 0 Å². The molecule has 2 saturated heterocycles. The van der Waals surface area contributed by atoms with Gasteiger partial charge in [-0.25, -0.2) is 8.78 Å². The van der Waals surface area contributed by atoms with Crippen LogP contribution in [0.15, 0.2) is 18.2 Å². The van der Waals surface area contributed by atoms with E-state index in [9.17, 15) is 19.0 Å². The number of likely N-dealkylation sites (tertiary alicyclic amines) is 1. The van der Waals surface area contributed by atoms with Gasteiger partial charge in [-0.3, -0.25) is 4.90 Å². The molecule has 0 amide bonds. The Bertz CT molecular complexity index is 568. The Morgan fingerprint density at radius 3 is 2.75 bits per heavy atom. The van der Waals surface area contributed by atoms with Gasteiger partial charge >= 0.3 is 0 Å². The zero-order chi connectivity index (χ0) is 17.2. The highest BCUT2D eigenvalue weighted by Crippen LogP contribution is 2.28. The average molecular weight is 343 g/mol. The van der Waals surface area contributed by atoms with Gasteiger partial charge in [-0.05, 0) is 31.4 Å². The van der Waals surface area contributed by atoms with Gasteiger partial charge in [0.1, 0.15) is 18.0 Å². The molecule has 2 aliphatic heterocycles. The van der Waals surface area contributed by atoms with Crippen molar-refractivity contribution in [2.24, 2.45) is 0 Å². The van der Waals surface area contributed by atoms with E-state index in [2.05, 4.69) is 4.90 Å². The van der Waals surface area contributed by atoms with Gasteiger partial charge < -0.3 is 19.7 Å². The highest BCUT2D eigenvalue weighted by molar-refractivity contribution is 5.25. The molecule has 24 heavy (non-hydrogen) atoms. The number of aliphatic hydroxyl groups is 2. The molecule has 5 nitrogen and oxygen atoms in total. The van der Waals surface area contributed by atoms with E-state index >= 15 is 0 Å². The third-order valence-corrected chi connectivity index (χ3v) is 4.87. The molecule has 1 aromatic carbocycles. The molecule has 2 atom stereocenters. The second kappa shape index (κ2) is 7.31. The van der Waals surface area contributed by atoms with Crippen LogP contribution in [-0.2, 0) is 4.74 Å². The summed E-state index contributed by atoms with van der Waals surface area (Å²) in [6, 6.07) is 3.20. The molecule has 2 heterocycles. The normalized spacial score (nSPS) is 29.6. The van der Waals surface area contributed by atoms with E-state index in [4.69, 9.17) is 9.47 Å². The number of aliphatic hydroxyl groups excluding tert-OH is 1. The first kappa shape index (κ1) is 17.5. The molecule has 0 aromatic heterocycles. The summed E-state index contributed by atoms with van der Waals surface area (Å²) in [5.41, 5.74) is -1.52. The van der Waals surface area contributed by atoms with Gasteiger partial charge in [-0.2, -0.15) is 0 Å². The minimum atomic E-state index is -1.52. The number of ether oxygens (including phenoxy) is 2. The summed E-state index contributed by atoms with van der Waals surface area (Å²) >= 11 is 0. The van der Waals surface area contributed by atoms with Gasteiger partial charge in [0.05, 0.1) is 6.10 Å². The summed E-state index contributed by atoms with van der Waals surface area (Å²) in [6.07, 6.45) is 1.20. The minimum absolute atomic E-state index is 0.232. The fourth-order valence-corrected chi connectivity index (χ4v) is 3.39. The van der Waals surface area contributed by atoms with E-state index in [-0.39, 0.29) is 18.9 Å². The van der Waals surface area contributed by atoms with Crippen LogP contribution in [0.1, 0.15) is 19.3 Å². The van der Waals surface area contributed by atoms with Crippen molar-refractivity contribution in [3.63, 3.8) is 0 Å². The Morgan fingerprint density at radius 1 is 1.25 bits per heavy atom. The number of piperidine rings is 1. The predicted molar refractivity (Wildman–Crippen MR) is 82.8 cm³/mol. The summed E-state index contributed by atoms with van der Waals surface area (Å²) < 4.78 is 37.5. The molecular weight excluding hydrogens is 320 g/mol. The van der Waals surface area contributed by atoms with Gasteiger partial charge in [-0.1, -0.05) is 0 Å². The Kier molecular flexibility index (Phi) is 5.34. The van der Waals surface area contributed by atoms with Crippen LogP contribution < -0.4 is 4.74 Å². The molecule has 0 radical (unpaired) electrons. The zero-order valence-electron chi connectivity index (χ0n) is 13.5. The zero-order valence-corrected chi connectivity index (χ0v) is 13.5. The van der Waals surface area contributed by atoms with Crippen molar-refractivity contribution in [1.82, 2.24) is 4.90 Å². The van der Waals surface area contributed by atoms with Crippen LogP contribution in [0.3, 0.4) is 0 Å². The molecule has 0 spiro atoms. The van der Waals surface area contributed by atoms with E-state index in [0.717, 1.165) is 31.0 Å². The van der Waals surface area contributed by atoms with Crippen molar-refractivity contribution in [2.45, 2.75) is 37.0 Å². The van der Waals surface area contributed by atoms with Crippen molar-refractivity contribution in [3.8, 4) is 5.75 Å². The average Bonchev–Trinajstić information content (AvgIpc) is 2.59. The monoisotopic (exact) mass is 343 g/mol. The molecule has 2 fully saturated rings. The quantitative estimate of drug-likeness (QED) is 0.863. The first-order chi connectivity index (χ1) is 11.5. The summed E-state index contributed by atoms with van der Waals surface area (Å²) in [5.74, 6) is -1.59. The number of rotatable bonds is 4. The molecular formula is C17H23F2NO4. The van der Waals surface area contributed by atoms with Crippen LogP contribution in [0, 0.1) is 11.6 Å². The molecule has 1 aromatic rings. The van der Waals surface area contributed by atoms with Crippen molar-refractivity contribution in [3.05, 3.63) is 29.8 Å². The summed E-state index contributed by atoms with van der Waals surface area (Å²) in [5, 5.41) is 21.0. The third kappa shape index (κ3) is 3.85. The lowest BCUT2D eigenvalue weighted by Crippen LogP contribution is -2.62. The Labute approximate surface area is 139 Å². The molecule has 0 saturated carbocycles. The van der Waals surface area contributed by atoms with E-state index in [0.29, 0.717) is 32.2 Å². The van der Waals surface area contributed by atoms with Gasteiger partial charge in [0, 0.05) is 38.4 Å². The second-order valence-electron chi connectivity index (χ2n) is 6.59. The second-order valence-corrected chi connectivity index (χ2v) is 6.59. The smallest absolute Gasteiger partial charge is 0.165 e. The lowest BCUT2D eigenvalue weighted by Gasteiger charge is -2.46.